The van der Waals surface area contributed by atoms with Gasteiger partial charge in [-0.25, -0.2) is 0 Å². The molecule has 3 aromatic rings. The van der Waals surface area contributed by atoms with Gasteiger partial charge in [-0.15, -0.1) is 0 Å². The highest BCUT2D eigenvalue weighted by molar-refractivity contribution is 5.90. The first-order valence-electron chi connectivity index (χ1n) is 11.2. The molecule has 0 radical (unpaired) electrons. The van der Waals surface area contributed by atoms with Crippen molar-refractivity contribution in [2.75, 3.05) is 4.90 Å². The fourth-order valence-electron chi connectivity index (χ4n) is 4.22. The first kappa shape index (κ1) is 22.1. The summed E-state index contributed by atoms with van der Waals surface area (Å²) in [6.45, 7) is 14.7. The van der Waals surface area contributed by atoms with E-state index < -0.39 is 0 Å². The van der Waals surface area contributed by atoms with Gasteiger partial charge in [-0.3, -0.25) is 0 Å². The van der Waals surface area contributed by atoms with Crippen LogP contribution < -0.4 is 4.90 Å². The summed E-state index contributed by atoms with van der Waals surface area (Å²) in [7, 11) is 0. The number of hydrogen-bond acceptors (Lipinski definition) is 1. The van der Waals surface area contributed by atoms with Crippen molar-refractivity contribution in [3.05, 3.63) is 156 Å². The van der Waals surface area contributed by atoms with Gasteiger partial charge in [-0.2, -0.15) is 0 Å². The van der Waals surface area contributed by atoms with E-state index in [1.165, 1.54) is 11.1 Å². The number of hydrogen-bond donors (Lipinski definition) is 0. The highest BCUT2D eigenvalue weighted by atomic mass is 15.1. The molecule has 0 aromatic heterocycles. The molecule has 0 fully saturated rings. The van der Waals surface area contributed by atoms with Gasteiger partial charge >= 0.3 is 0 Å². The SMILES string of the molecule is C=C/C=C(\C=C/C)N(c1ccccc1)c1ccc2c(c1)CC(=C)C(C(=C)c1ccccc1)=C2. The molecule has 3 aromatic carbocycles. The van der Waals surface area contributed by atoms with Crippen molar-refractivity contribution in [2.45, 2.75) is 13.3 Å². The molecular weight excluding hydrogens is 398 g/mol. The molecule has 0 saturated carbocycles. The van der Waals surface area contributed by atoms with Crippen LogP contribution in [0.2, 0.25) is 0 Å². The Labute approximate surface area is 197 Å². The molecular formula is C32H29N. The van der Waals surface area contributed by atoms with Crippen LogP contribution in [0, 0.1) is 0 Å². The number of fused-ring (bicyclic) bond motifs is 1. The maximum absolute atomic E-state index is 4.39. The third kappa shape index (κ3) is 4.73. The lowest BCUT2D eigenvalue weighted by Crippen LogP contribution is -2.16. The standard InChI is InChI=1S/C32H29N/c1-5-13-29(14-6-2)33(30-17-11-8-12-18-30)31-20-19-27-23-32(24(3)21-28(27)22-31)25(4)26-15-9-7-10-16-26/h5-20,22-23H,1,3-4,21H2,2H3/b14-6-,29-13+. The van der Waals surface area contributed by atoms with E-state index in [-0.39, 0.29) is 0 Å². The van der Waals surface area contributed by atoms with E-state index in [1.807, 2.05) is 43.3 Å². The van der Waals surface area contributed by atoms with Gasteiger partial charge in [0.25, 0.3) is 0 Å². The Balaban J connectivity index is 1.77. The van der Waals surface area contributed by atoms with Gasteiger partial charge in [-0.1, -0.05) is 86.5 Å². The van der Waals surface area contributed by atoms with Gasteiger partial charge in [0.2, 0.25) is 0 Å². The quantitative estimate of drug-likeness (QED) is 0.341. The van der Waals surface area contributed by atoms with Crippen molar-refractivity contribution in [1.82, 2.24) is 0 Å². The predicted molar refractivity (Wildman–Crippen MR) is 144 cm³/mol. The van der Waals surface area contributed by atoms with E-state index >= 15 is 0 Å². The maximum atomic E-state index is 4.39. The second-order valence-corrected chi connectivity index (χ2v) is 8.06. The summed E-state index contributed by atoms with van der Waals surface area (Å²) in [5.41, 5.74) is 10.1. The minimum absolute atomic E-state index is 0.799. The third-order valence-electron chi connectivity index (χ3n) is 5.82. The highest BCUT2D eigenvalue weighted by Crippen LogP contribution is 2.38. The van der Waals surface area contributed by atoms with E-state index in [2.05, 4.69) is 97.5 Å². The van der Waals surface area contributed by atoms with Crippen LogP contribution in [0.3, 0.4) is 0 Å². The molecule has 1 aliphatic carbocycles. The van der Waals surface area contributed by atoms with Crippen LogP contribution >= 0.6 is 0 Å². The molecule has 0 atom stereocenters. The first-order valence-corrected chi connectivity index (χ1v) is 11.2. The number of para-hydroxylation sites is 1. The zero-order chi connectivity index (χ0) is 23.2. The van der Waals surface area contributed by atoms with Gasteiger partial charge in [0.05, 0.1) is 0 Å². The number of benzene rings is 3. The lowest BCUT2D eigenvalue weighted by molar-refractivity contribution is 1.13. The minimum Gasteiger partial charge on any atom is -0.311 e. The molecule has 0 bridgehead atoms. The molecule has 0 N–H and O–H groups in total. The summed E-state index contributed by atoms with van der Waals surface area (Å²) in [4.78, 5) is 2.26. The second-order valence-electron chi connectivity index (χ2n) is 8.06. The monoisotopic (exact) mass is 427 g/mol. The van der Waals surface area contributed by atoms with Crippen molar-refractivity contribution in [3.63, 3.8) is 0 Å². The molecule has 162 valence electrons. The van der Waals surface area contributed by atoms with Crippen LogP contribution in [0.15, 0.2) is 140 Å². The Bertz CT molecular complexity index is 1270. The summed E-state index contributed by atoms with van der Waals surface area (Å²) in [5, 5.41) is 0. The lowest BCUT2D eigenvalue weighted by Gasteiger charge is -2.28. The fraction of sp³-hybridized carbons (Fsp3) is 0.0625. The highest BCUT2D eigenvalue weighted by Gasteiger charge is 2.20. The van der Waals surface area contributed by atoms with Gasteiger partial charge in [0, 0.05) is 17.1 Å². The van der Waals surface area contributed by atoms with Gasteiger partial charge in [0.1, 0.15) is 0 Å². The fourth-order valence-corrected chi connectivity index (χ4v) is 4.22. The topological polar surface area (TPSA) is 3.24 Å². The Morgan fingerprint density at radius 3 is 2.27 bits per heavy atom. The normalized spacial score (nSPS) is 13.4. The summed E-state index contributed by atoms with van der Waals surface area (Å²) < 4.78 is 0. The smallest absolute Gasteiger partial charge is 0.0464 e. The molecule has 0 saturated heterocycles. The number of nitrogens with zero attached hydrogens (tertiary/aromatic N) is 1. The van der Waals surface area contributed by atoms with Gasteiger partial charge in [0.15, 0.2) is 0 Å². The molecule has 1 aliphatic rings. The Hall–Kier alpha value is -4.10. The molecule has 0 spiro atoms. The molecule has 1 heteroatoms. The Morgan fingerprint density at radius 2 is 1.61 bits per heavy atom. The van der Waals surface area contributed by atoms with E-state index in [0.29, 0.717) is 0 Å². The van der Waals surface area contributed by atoms with E-state index in [0.717, 1.165) is 45.8 Å². The Morgan fingerprint density at radius 1 is 0.909 bits per heavy atom. The third-order valence-corrected chi connectivity index (χ3v) is 5.82. The van der Waals surface area contributed by atoms with Crippen LogP contribution in [0.1, 0.15) is 23.6 Å². The summed E-state index contributed by atoms with van der Waals surface area (Å²) in [6, 6.07) is 27.4. The number of allylic oxidation sites excluding steroid dienone is 7. The predicted octanol–water partition coefficient (Wildman–Crippen LogP) is 8.68. The largest absolute Gasteiger partial charge is 0.311 e. The minimum atomic E-state index is 0.799. The van der Waals surface area contributed by atoms with Crippen molar-refractivity contribution in [2.24, 2.45) is 0 Å². The average Bonchev–Trinajstić information content (AvgIpc) is 2.85. The zero-order valence-electron chi connectivity index (χ0n) is 19.2. The van der Waals surface area contributed by atoms with Crippen LogP contribution in [0.4, 0.5) is 11.4 Å². The van der Waals surface area contributed by atoms with Crippen molar-refractivity contribution < 1.29 is 0 Å². The summed E-state index contributed by atoms with van der Waals surface area (Å²) >= 11 is 0. The molecule has 4 rings (SSSR count). The van der Waals surface area contributed by atoms with E-state index in [1.54, 1.807) is 0 Å². The summed E-state index contributed by atoms with van der Waals surface area (Å²) in [6.07, 6.45) is 11.0. The van der Waals surface area contributed by atoms with E-state index in [4.69, 9.17) is 0 Å². The number of rotatable bonds is 7. The van der Waals surface area contributed by atoms with Gasteiger partial charge < -0.3 is 4.90 Å². The molecule has 33 heavy (non-hydrogen) atoms. The Kier molecular flexibility index (Phi) is 6.71. The maximum Gasteiger partial charge on any atom is 0.0464 e. The van der Waals surface area contributed by atoms with Crippen molar-refractivity contribution in [1.29, 1.82) is 0 Å². The molecule has 0 unspecified atom stereocenters. The second kappa shape index (κ2) is 10.0. The molecule has 1 nitrogen and oxygen atoms in total. The van der Waals surface area contributed by atoms with Crippen LogP contribution in [-0.2, 0) is 6.42 Å². The van der Waals surface area contributed by atoms with E-state index in [9.17, 15) is 0 Å². The summed E-state index contributed by atoms with van der Waals surface area (Å²) in [5.74, 6) is 0. The van der Waals surface area contributed by atoms with Gasteiger partial charge in [-0.05, 0) is 89.2 Å². The van der Waals surface area contributed by atoms with Crippen LogP contribution in [0.5, 0.6) is 0 Å². The molecule has 0 heterocycles. The zero-order valence-corrected chi connectivity index (χ0v) is 19.2. The van der Waals surface area contributed by atoms with Crippen molar-refractivity contribution in [3.8, 4) is 0 Å². The lowest BCUT2D eigenvalue weighted by atomic mass is 9.83. The molecule has 0 aliphatic heterocycles. The average molecular weight is 428 g/mol. The van der Waals surface area contributed by atoms with Crippen LogP contribution in [-0.4, -0.2) is 0 Å². The van der Waals surface area contributed by atoms with Crippen molar-refractivity contribution >= 4 is 23.0 Å². The number of anilines is 2. The van der Waals surface area contributed by atoms with Crippen LogP contribution in [0.25, 0.3) is 11.6 Å². The first-order chi connectivity index (χ1) is 16.1. The molecule has 0 amide bonds.